The summed E-state index contributed by atoms with van der Waals surface area (Å²) in [6.07, 6.45) is -0.103. The van der Waals surface area contributed by atoms with E-state index in [1.807, 2.05) is 38.1 Å². The highest BCUT2D eigenvalue weighted by Gasteiger charge is 2.58. The van der Waals surface area contributed by atoms with Gasteiger partial charge in [-0.1, -0.05) is 55.8 Å². The molecule has 8 heteroatoms. The van der Waals surface area contributed by atoms with Gasteiger partial charge in [-0.3, -0.25) is 9.59 Å². The van der Waals surface area contributed by atoms with Crippen molar-refractivity contribution in [3.63, 3.8) is 0 Å². The van der Waals surface area contributed by atoms with Gasteiger partial charge in [0.2, 0.25) is 11.8 Å². The standard InChI is InChI=1S/C25H21ClN2O4S/c1-13(2)12-28-17-9-8-15(26)10-16(17)25(24(28)32)11-18(29)27-20-19(14-6-4-3-5-7-14)21(23(30)31)33-22(20)25/h3-10,13H,11-12H2,1-2H3,(H,27,29)(H,30,31). The van der Waals surface area contributed by atoms with Crippen LogP contribution in [0.5, 0.6) is 0 Å². The molecule has 0 fully saturated rings. The van der Waals surface area contributed by atoms with E-state index < -0.39 is 11.4 Å². The molecule has 1 spiro atoms. The number of rotatable bonds is 4. The number of benzene rings is 2. The van der Waals surface area contributed by atoms with Gasteiger partial charge in [-0.2, -0.15) is 0 Å². The molecule has 2 N–H and O–H groups in total. The molecule has 3 heterocycles. The number of hydrogen-bond acceptors (Lipinski definition) is 4. The van der Waals surface area contributed by atoms with Crippen LogP contribution in [0, 0.1) is 5.92 Å². The Morgan fingerprint density at radius 2 is 1.94 bits per heavy atom. The third-order valence-corrected chi connectivity index (χ3v) is 7.68. The van der Waals surface area contributed by atoms with Crippen LogP contribution in [0.15, 0.2) is 48.5 Å². The number of carbonyl (C=O) groups is 3. The summed E-state index contributed by atoms with van der Waals surface area (Å²) in [4.78, 5) is 41.8. The van der Waals surface area contributed by atoms with Crippen LogP contribution in [-0.4, -0.2) is 29.4 Å². The molecule has 0 bridgehead atoms. The van der Waals surface area contributed by atoms with Crippen LogP contribution in [0.3, 0.4) is 0 Å². The molecule has 3 aromatic rings. The topological polar surface area (TPSA) is 86.7 Å². The minimum absolute atomic E-state index is 0.0893. The number of nitrogens with one attached hydrogen (secondary N) is 1. The molecule has 2 amide bonds. The van der Waals surface area contributed by atoms with Crippen molar-refractivity contribution in [2.24, 2.45) is 5.92 Å². The van der Waals surface area contributed by atoms with Crippen molar-refractivity contribution in [2.45, 2.75) is 25.7 Å². The molecule has 2 aliphatic rings. The second-order valence-corrected chi connectivity index (χ2v) is 10.2. The van der Waals surface area contributed by atoms with Crippen LogP contribution >= 0.6 is 22.9 Å². The summed E-state index contributed by atoms with van der Waals surface area (Å²) < 4.78 is 0. The Balaban J connectivity index is 1.84. The Morgan fingerprint density at radius 1 is 1.21 bits per heavy atom. The Hall–Kier alpha value is -3.16. The van der Waals surface area contributed by atoms with Crippen molar-refractivity contribution in [3.05, 3.63) is 68.9 Å². The normalized spacial score (nSPS) is 19.1. The van der Waals surface area contributed by atoms with E-state index >= 15 is 0 Å². The molecule has 1 unspecified atom stereocenters. The van der Waals surface area contributed by atoms with Gasteiger partial charge in [0.1, 0.15) is 10.3 Å². The quantitative estimate of drug-likeness (QED) is 0.523. The maximum Gasteiger partial charge on any atom is 0.346 e. The SMILES string of the molecule is CC(C)CN1C(=O)C2(CC(=O)Nc3c2sc(C(=O)O)c3-c2ccccc2)c2cc(Cl)ccc21. The summed E-state index contributed by atoms with van der Waals surface area (Å²) in [5.41, 5.74) is 1.54. The van der Waals surface area contributed by atoms with Gasteiger partial charge in [-0.25, -0.2) is 4.79 Å². The highest BCUT2D eigenvalue weighted by molar-refractivity contribution is 7.15. The molecule has 2 aliphatic heterocycles. The Labute approximate surface area is 199 Å². The molecule has 0 saturated carbocycles. The largest absolute Gasteiger partial charge is 0.477 e. The van der Waals surface area contributed by atoms with E-state index in [0.29, 0.717) is 44.5 Å². The van der Waals surface area contributed by atoms with Crippen molar-refractivity contribution in [2.75, 3.05) is 16.8 Å². The number of anilines is 2. The maximum atomic E-state index is 14.1. The third-order valence-electron chi connectivity index (χ3n) is 6.11. The van der Waals surface area contributed by atoms with Crippen LogP contribution in [0.4, 0.5) is 11.4 Å². The first-order valence-electron chi connectivity index (χ1n) is 10.6. The number of fused-ring (bicyclic) bond motifs is 4. The predicted molar refractivity (Wildman–Crippen MR) is 129 cm³/mol. The van der Waals surface area contributed by atoms with Gasteiger partial charge < -0.3 is 15.3 Å². The Morgan fingerprint density at radius 3 is 2.61 bits per heavy atom. The van der Waals surface area contributed by atoms with Crippen LogP contribution in [0.2, 0.25) is 5.02 Å². The zero-order valence-electron chi connectivity index (χ0n) is 18.0. The highest BCUT2D eigenvalue weighted by Crippen LogP contribution is 2.58. The lowest BCUT2D eigenvalue weighted by Gasteiger charge is -2.33. The lowest BCUT2D eigenvalue weighted by atomic mass is 9.74. The van der Waals surface area contributed by atoms with E-state index in [1.54, 1.807) is 29.2 Å². The van der Waals surface area contributed by atoms with E-state index in [9.17, 15) is 19.5 Å². The molecule has 0 saturated heterocycles. The number of carboxylic acid groups (broad SMARTS) is 1. The van der Waals surface area contributed by atoms with Gasteiger partial charge in [-0.15, -0.1) is 11.3 Å². The van der Waals surface area contributed by atoms with Crippen LogP contribution in [0.25, 0.3) is 11.1 Å². The Kier molecular flexibility index (Phi) is 5.06. The summed E-state index contributed by atoms with van der Waals surface area (Å²) in [7, 11) is 0. The van der Waals surface area contributed by atoms with Crippen LogP contribution in [-0.2, 0) is 15.0 Å². The minimum Gasteiger partial charge on any atom is -0.477 e. The predicted octanol–water partition coefficient (Wildman–Crippen LogP) is 5.40. The summed E-state index contributed by atoms with van der Waals surface area (Å²) in [6, 6.07) is 14.3. The van der Waals surface area contributed by atoms with Crippen molar-refractivity contribution < 1.29 is 19.5 Å². The fourth-order valence-corrected chi connectivity index (χ4v) is 6.35. The first-order valence-corrected chi connectivity index (χ1v) is 11.8. The maximum absolute atomic E-state index is 14.1. The molecule has 1 aromatic heterocycles. The average Bonchev–Trinajstić information content (AvgIpc) is 3.25. The van der Waals surface area contributed by atoms with E-state index in [1.165, 1.54) is 0 Å². The van der Waals surface area contributed by atoms with E-state index in [0.717, 1.165) is 11.3 Å². The first kappa shape index (κ1) is 21.7. The first-order chi connectivity index (χ1) is 15.7. The minimum atomic E-state index is -1.31. The van der Waals surface area contributed by atoms with Crippen molar-refractivity contribution >= 4 is 52.1 Å². The number of hydrogen-bond donors (Lipinski definition) is 2. The second kappa shape index (κ2) is 7.71. The lowest BCUT2D eigenvalue weighted by Crippen LogP contribution is -2.46. The number of nitrogens with zero attached hydrogens (tertiary/aromatic N) is 1. The third kappa shape index (κ3) is 3.18. The molecule has 1 atom stereocenters. The number of carboxylic acids is 1. The van der Waals surface area contributed by atoms with Crippen molar-refractivity contribution in [1.82, 2.24) is 0 Å². The van der Waals surface area contributed by atoms with Gasteiger partial charge in [0.15, 0.2) is 0 Å². The van der Waals surface area contributed by atoms with Crippen molar-refractivity contribution in [3.8, 4) is 11.1 Å². The van der Waals surface area contributed by atoms with E-state index in [-0.39, 0.29) is 29.0 Å². The molecule has 0 radical (unpaired) electrons. The summed E-state index contributed by atoms with van der Waals surface area (Å²) in [5.74, 6) is -1.46. The molecular formula is C25H21ClN2O4S. The van der Waals surface area contributed by atoms with Gasteiger partial charge in [-0.05, 0) is 35.2 Å². The van der Waals surface area contributed by atoms with Gasteiger partial charge in [0.05, 0.1) is 17.0 Å². The number of aromatic carboxylic acids is 1. The molecule has 168 valence electrons. The lowest BCUT2D eigenvalue weighted by molar-refractivity contribution is -0.126. The number of amides is 2. The fraction of sp³-hybridized carbons (Fsp3) is 0.240. The molecule has 2 aromatic carbocycles. The van der Waals surface area contributed by atoms with Gasteiger partial charge >= 0.3 is 5.97 Å². The molecule has 33 heavy (non-hydrogen) atoms. The fourth-order valence-electron chi connectivity index (χ4n) is 4.86. The second-order valence-electron chi connectivity index (χ2n) is 8.78. The zero-order chi connectivity index (χ0) is 23.5. The molecular weight excluding hydrogens is 460 g/mol. The van der Waals surface area contributed by atoms with E-state index in [2.05, 4.69) is 5.32 Å². The molecule has 6 nitrogen and oxygen atoms in total. The van der Waals surface area contributed by atoms with E-state index in [4.69, 9.17) is 11.6 Å². The van der Waals surface area contributed by atoms with Gasteiger partial charge in [0.25, 0.3) is 0 Å². The van der Waals surface area contributed by atoms with Gasteiger partial charge in [0, 0.05) is 22.8 Å². The van der Waals surface area contributed by atoms with Crippen LogP contribution in [0.1, 0.15) is 40.4 Å². The van der Waals surface area contributed by atoms with Crippen LogP contribution < -0.4 is 10.2 Å². The molecule has 0 aliphatic carbocycles. The van der Waals surface area contributed by atoms with Crippen molar-refractivity contribution in [1.29, 1.82) is 0 Å². The summed E-state index contributed by atoms with van der Waals surface area (Å²) >= 11 is 7.40. The Bertz CT molecular complexity index is 1320. The number of thiophene rings is 1. The monoisotopic (exact) mass is 480 g/mol. The smallest absolute Gasteiger partial charge is 0.346 e. The summed E-state index contributed by atoms with van der Waals surface area (Å²) in [6.45, 7) is 4.52. The molecule has 5 rings (SSSR count). The zero-order valence-corrected chi connectivity index (χ0v) is 19.6. The average molecular weight is 481 g/mol. The number of carbonyl (C=O) groups excluding carboxylic acids is 2. The number of halogens is 1. The summed E-state index contributed by atoms with van der Waals surface area (Å²) in [5, 5.41) is 13.4. The highest BCUT2D eigenvalue weighted by atomic mass is 35.5.